The standard InChI is InChI=1S/C33H29N3O4S/c1-40-30-17-8-6-13-25(30)20-28(35-32(38)24-11-3-2-4-12-24)33(39)34-26-14-9-15-27(21-26)41-22-31(37)36-19-18-23-10-5-7-16-29(23)36/h2-17,20-21H,18-19,22H2,1H3,(H,34,39)(H,35,38)/b28-20-. The lowest BCUT2D eigenvalue weighted by Gasteiger charge is -2.17. The molecule has 4 aromatic rings. The molecule has 7 nitrogen and oxygen atoms in total. The minimum absolute atomic E-state index is 0.0417. The van der Waals surface area contributed by atoms with Gasteiger partial charge in [-0.3, -0.25) is 14.4 Å². The molecule has 1 aliphatic heterocycles. The zero-order chi connectivity index (χ0) is 28.6. The van der Waals surface area contributed by atoms with Crippen LogP contribution in [-0.4, -0.2) is 37.1 Å². The van der Waals surface area contributed by atoms with E-state index in [1.807, 2.05) is 59.5 Å². The van der Waals surface area contributed by atoms with Crippen LogP contribution in [0.3, 0.4) is 0 Å². The average Bonchev–Trinajstić information content (AvgIpc) is 3.45. The summed E-state index contributed by atoms with van der Waals surface area (Å²) in [5.41, 5.74) is 3.83. The lowest BCUT2D eigenvalue weighted by Crippen LogP contribution is -2.30. The molecule has 0 radical (unpaired) electrons. The SMILES string of the molecule is COc1ccccc1/C=C(\NC(=O)c1ccccc1)C(=O)Nc1cccc(SCC(=O)N2CCc3ccccc32)c1. The van der Waals surface area contributed by atoms with Crippen LogP contribution in [0.1, 0.15) is 21.5 Å². The van der Waals surface area contributed by atoms with Gasteiger partial charge in [-0.25, -0.2) is 0 Å². The second-order valence-electron chi connectivity index (χ2n) is 9.31. The molecular formula is C33H29N3O4S. The number of thioether (sulfide) groups is 1. The molecule has 1 heterocycles. The molecule has 1 aliphatic rings. The predicted octanol–water partition coefficient (Wildman–Crippen LogP) is 5.79. The van der Waals surface area contributed by atoms with Gasteiger partial charge in [0.1, 0.15) is 11.4 Å². The van der Waals surface area contributed by atoms with Crippen LogP contribution in [-0.2, 0) is 16.0 Å². The van der Waals surface area contributed by atoms with Gasteiger partial charge in [-0.1, -0.05) is 60.7 Å². The van der Waals surface area contributed by atoms with E-state index in [9.17, 15) is 14.4 Å². The second-order valence-corrected chi connectivity index (χ2v) is 10.4. The number of methoxy groups -OCH3 is 1. The van der Waals surface area contributed by atoms with Crippen molar-refractivity contribution in [3.63, 3.8) is 0 Å². The Morgan fingerprint density at radius 3 is 2.49 bits per heavy atom. The Hall–Kier alpha value is -4.82. The molecule has 41 heavy (non-hydrogen) atoms. The van der Waals surface area contributed by atoms with Gasteiger partial charge in [0.2, 0.25) is 5.91 Å². The highest BCUT2D eigenvalue weighted by Crippen LogP contribution is 2.29. The number of anilines is 2. The molecule has 3 amide bonds. The normalized spacial score (nSPS) is 12.4. The Bertz CT molecular complexity index is 1600. The van der Waals surface area contributed by atoms with Gasteiger partial charge < -0.3 is 20.3 Å². The Balaban J connectivity index is 1.30. The number of rotatable bonds is 9. The van der Waals surface area contributed by atoms with E-state index >= 15 is 0 Å². The van der Waals surface area contributed by atoms with Crippen LogP contribution in [0.15, 0.2) is 114 Å². The zero-order valence-corrected chi connectivity index (χ0v) is 23.3. The number of fused-ring (bicyclic) bond motifs is 1. The number of benzene rings is 4. The number of amides is 3. The van der Waals surface area contributed by atoms with Crippen molar-refractivity contribution in [1.82, 2.24) is 5.32 Å². The van der Waals surface area contributed by atoms with E-state index < -0.39 is 11.8 Å². The quantitative estimate of drug-likeness (QED) is 0.199. The fourth-order valence-electron chi connectivity index (χ4n) is 4.57. The van der Waals surface area contributed by atoms with Crippen LogP contribution >= 0.6 is 11.8 Å². The lowest BCUT2D eigenvalue weighted by atomic mass is 10.1. The number of hydrogen-bond acceptors (Lipinski definition) is 5. The van der Waals surface area contributed by atoms with Gasteiger partial charge in [0.25, 0.3) is 11.8 Å². The van der Waals surface area contributed by atoms with Crippen molar-refractivity contribution in [1.29, 1.82) is 0 Å². The van der Waals surface area contributed by atoms with E-state index in [1.54, 1.807) is 55.7 Å². The van der Waals surface area contributed by atoms with Crippen molar-refractivity contribution in [3.8, 4) is 5.75 Å². The molecule has 0 bridgehead atoms. The maximum atomic E-state index is 13.4. The fraction of sp³-hybridized carbons (Fsp3) is 0.121. The first-order valence-electron chi connectivity index (χ1n) is 13.2. The van der Waals surface area contributed by atoms with Crippen molar-refractivity contribution in [3.05, 3.63) is 126 Å². The Labute approximate surface area is 243 Å². The number of para-hydroxylation sites is 2. The Kier molecular flexibility index (Phi) is 8.81. The Morgan fingerprint density at radius 1 is 0.902 bits per heavy atom. The van der Waals surface area contributed by atoms with Crippen LogP contribution in [0, 0.1) is 0 Å². The largest absolute Gasteiger partial charge is 0.496 e. The minimum atomic E-state index is -0.493. The lowest BCUT2D eigenvalue weighted by molar-refractivity contribution is -0.116. The highest BCUT2D eigenvalue weighted by molar-refractivity contribution is 8.00. The third-order valence-electron chi connectivity index (χ3n) is 6.61. The van der Waals surface area contributed by atoms with Crippen molar-refractivity contribution >= 4 is 46.9 Å². The van der Waals surface area contributed by atoms with E-state index in [-0.39, 0.29) is 17.4 Å². The number of carbonyl (C=O) groups is 3. The molecule has 4 aromatic carbocycles. The first-order chi connectivity index (χ1) is 20.0. The van der Waals surface area contributed by atoms with Crippen molar-refractivity contribution < 1.29 is 19.1 Å². The maximum absolute atomic E-state index is 13.4. The third kappa shape index (κ3) is 6.85. The topological polar surface area (TPSA) is 87.7 Å². The van der Waals surface area contributed by atoms with E-state index in [1.165, 1.54) is 17.3 Å². The van der Waals surface area contributed by atoms with Gasteiger partial charge in [-0.05, 0) is 60.5 Å². The van der Waals surface area contributed by atoms with E-state index in [0.29, 0.717) is 29.1 Å². The highest BCUT2D eigenvalue weighted by Gasteiger charge is 2.24. The molecule has 5 rings (SSSR count). The van der Waals surface area contributed by atoms with Crippen LogP contribution in [0.5, 0.6) is 5.75 Å². The molecule has 0 saturated carbocycles. The number of ether oxygens (including phenoxy) is 1. The van der Waals surface area contributed by atoms with E-state index in [4.69, 9.17) is 4.74 Å². The second kappa shape index (κ2) is 13.0. The summed E-state index contributed by atoms with van der Waals surface area (Å²) in [7, 11) is 1.55. The summed E-state index contributed by atoms with van der Waals surface area (Å²) in [4.78, 5) is 42.0. The molecule has 0 aromatic heterocycles. The maximum Gasteiger partial charge on any atom is 0.272 e. The summed E-state index contributed by atoms with van der Waals surface area (Å²) in [6, 6.07) is 31.2. The summed E-state index contributed by atoms with van der Waals surface area (Å²) in [5, 5.41) is 5.63. The molecule has 0 fully saturated rings. The molecule has 0 saturated heterocycles. The number of nitrogens with zero attached hydrogens (tertiary/aromatic N) is 1. The first-order valence-corrected chi connectivity index (χ1v) is 14.1. The smallest absolute Gasteiger partial charge is 0.272 e. The van der Waals surface area contributed by atoms with Crippen molar-refractivity contribution in [2.45, 2.75) is 11.3 Å². The number of hydrogen-bond donors (Lipinski definition) is 2. The molecule has 206 valence electrons. The van der Waals surface area contributed by atoms with Gasteiger partial charge in [0.15, 0.2) is 0 Å². The third-order valence-corrected chi connectivity index (χ3v) is 7.59. The summed E-state index contributed by atoms with van der Waals surface area (Å²) in [5.74, 6) is -0.0200. The average molecular weight is 564 g/mol. The molecule has 0 atom stereocenters. The summed E-state index contributed by atoms with van der Waals surface area (Å²) < 4.78 is 5.43. The summed E-state index contributed by atoms with van der Waals surface area (Å²) >= 11 is 1.41. The first kappa shape index (κ1) is 27.7. The van der Waals surface area contributed by atoms with Gasteiger partial charge in [-0.15, -0.1) is 11.8 Å². The molecular weight excluding hydrogens is 534 g/mol. The van der Waals surface area contributed by atoms with Crippen LogP contribution in [0.25, 0.3) is 6.08 Å². The van der Waals surface area contributed by atoms with E-state index in [2.05, 4.69) is 16.7 Å². The highest BCUT2D eigenvalue weighted by atomic mass is 32.2. The molecule has 8 heteroatoms. The Morgan fingerprint density at radius 2 is 1.66 bits per heavy atom. The molecule has 0 aliphatic carbocycles. The minimum Gasteiger partial charge on any atom is -0.496 e. The molecule has 2 N–H and O–H groups in total. The van der Waals surface area contributed by atoms with Crippen LogP contribution in [0.2, 0.25) is 0 Å². The van der Waals surface area contributed by atoms with Gasteiger partial charge >= 0.3 is 0 Å². The zero-order valence-electron chi connectivity index (χ0n) is 22.5. The van der Waals surface area contributed by atoms with Crippen molar-refractivity contribution in [2.24, 2.45) is 0 Å². The van der Waals surface area contributed by atoms with E-state index in [0.717, 1.165) is 17.0 Å². The van der Waals surface area contributed by atoms with Crippen LogP contribution < -0.4 is 20.3 Å². The summed E-state index contributed by atoms with van der Waals surface area (Å²) in [6.07, 6.45) is 2.44. The van der Waals surface area contributed by atoms with Gasteiger partial charge in [-0.2, -0.15) is 0 Å². The molecule has 0 spiro atoms. The van der Waals surface area contributed by atoms with Crippen molar-refractivity contribution in [2.75, 3.05) is 29.6 Å². The van der Waals surface area contributed by atoms with Gasteiger partial charge in [0, 0.05) is 33.9 Å². The fourth-order valence-corrected chi connectivity index (χ4v) is 5.40. The number of carbonyl (C=O) groups excluding carboxylic acids is 3. The molecule has 0 unspecified atom stereocenters. The van der Waals surface area contributed by atoms with Gasteiger partial charge in [0.05, 0.1) is 12.9 Å². The summed E-state index contributed by atoms with van der Waals surface area (Å²) in [6.45, 7) is 0.685. The predicted molar refractivity (Wildman–Crippen MR) is 163 cm³/mol. The van der Waals surface area contributed by atoms with Crippen LogP contribution in [0.4, 0.5) is 11.4 Å². The monoisotopic (exact) mass is 563 g/mol. The number of nitrogens with one attached hydrogen (secondary N) is 2.